The van der Waals surface area contributed by atoms with Crippen molar-refractivity contribution in [3.8, 4) is 11.5 Å². The van der Waals surface area contributed by atoms with E-state index in [1.54, 1.807) is 24.3 Å². The first kappa shape index (κ1) is 19.2. The molecule has 27 heavy (non-hydrogen) atoms. The lowest BCUT2D eigenvalue weighted by molar-refractivity contribution is 0.102. The van der Waals surface area contributed by atoms with Gasteiger partial charge in [0.05, 0.1) is 16.7 Å². The third-order valence-corrected chi connectivity index (χ3v) is 4.44. The van der Waals surface area contributed by atoms with Gasteiger partial charge in [0.2, 0.25) is 0 Å². The Bertz CT molecular complexity index is 977. The number of rotatable bonds is 5. The Balaban J connectivity index is 1.71. The zero-order valence-electron chi connectivity index (χ0n) is 13.9. The number of hydrogen-bond acceptors (Lipinski definition) is 3. The molecule has 138 valence electrons. The highest BCUT2D eigenvalue weighted by Crippen LogP contribution is 2.28. The van der Waals surface area contributed by atoms with Gasteiger partial charge >= 0.3 is 0 Å². The second-order valence-corrected chi connectivity index (χ2v) is 6.45. The molecule has 0 saturated carbocycles. The molecule has 0 saturated heterocycles. The third-order valence-electron chi connectivity index (χ3n) is 3.71. The van der Waals surface area contributed by atoms with Crippen LogP contribution in [-0.4, -0.2) is 11.0 Å². The lowest BCUT2D eigenvalue weighted by Gasteiger charge is -2.10. The number of aliphatic hydroxyl groups excluding tert-OH is 1. The van der Waals surface area contributed by atoms with Crippen LogP contribution < -0.4 is 10.1 Å². The molecule has 1 amide bonds. The molecule has 4 nitrogen and oxygen atoms in total. The lowest BCUT2D eigenvalue weighted by atomic mass is 10.2. The van der Waals surface area contributed by atoms with Crippen LogP contribution in [0.5, 0.6) is 11.5 Å². The number of halogens is 3. The van der Waals surface area contributed by atoms with E-state index in [0.717, 1.165) is 11.6 Å². The molecule has 0 aliphatic carbocycles. The van der Waals surface area contributed by atoms with Gasteiger partial charge in [-0.1, -0.05) is 35.3 Å². The van der Waals surface area contributed by atoms with Gasteiger partial charge in [0, 0.05) is 17.3 Å². The average Bonchev–Trinajstić information content (AvgIpc) is 2.66. The molecule has 3 aromatic rings. The first-order valence-electron chi connectivity index (χ1n) is 7.90. The number of benzene rings is 3. The Morgan fingerprint density at radius 3 is 2.37 bits per heavy atom. The number of amides is 1. The molecule has 0 unspecified atom stereocenters. The van der Waals surface area contributed by atoms with E-state index >= 15 is 0 Å². The van der Waals surface area contributed by atoms with Gasteiger partial charge in [0.15, 0.2) is 11.6 Å². The maximum Gasteiger partial charge on any atom is 0.255 e. The minimum Gasteiger partial charge on any atom is -0.454 e. The molecule has 0 aliphatic heterocycles. The number of hydrogen-bond donors (Lipinski definition) is 2. The zero-order valence-corrected chi connectivity index (χ0v) is 15.4. The highest BCUT2D eigenvalue weighted by atomic mass is 35.5. The summed E-state index contributed by atoms with van der Waals surface area (Å²) in [5.74, 6) is -0.632. The Morgan fingerprint density at radius 2 is 1.74 bits per heavy atom. The fourth-order valence-corrected chi connectivity index (χ4v) is 2.59. The molecule has 0 aliphatic rings. The van der Waals surface area contributed by atoms with E-state index in [9.17, 15) is 9.18 Å². The van der Waals surface area contributed by atoms with Crippen LogP contribution in [0.4, 0.5) is 10.1 Å². The highest BCUT2D eigenvalue weighted by Gasteiger charge is 2.11. The lowest BCUT2D eigenvalue weighted by Crippen LogP contribution is -2.12. The topological polar surface area (TPSA) is 58.6 Å². The molecule has 0 heterocycles. The van der Waals surface area contributed by atoms with E-state index < -0.39 is 11.7 Å². The van der Waals surface area contributed by atoms with Crippen LogP contribution in [0.25, 0.3) is 0 Å². The van der Waals surface area contributed by atoms with Gasteiger partial charge in [0.25, 0.3) is 5.91 Å². The number of carbonyl (C=O) groups is 1. The monoisotopic (exact) mass is 405 g/mol. The normalized spacial score (nSPS) is 10.5. The van der Waals surface area contributed by atoms with Gasteiger partial charge in [-0.15, -0.1) is 0 Å². The summed E-state index contributed by atoms with van der Waals surface area (Å²) >= 11 is 11.7. The van der Waals surface area contributed by atoms with Crippen molar-refractivity contribution in [1.82, 2.24) is 0 Å². The molecule has 0 atom stereocenters. The summed E-state index contributed by atoms with van der Waals surface area (Å²) in [4.78, 5) is 12.2. The maximum atomic E-state index is 14.3. The van der Waals surface area contributed by atoms with E-state index in [1.807, 2.05) is 0 Å². The van der Waals surface area contributed by atoms with Crippen molar-refractivity contribution in [3.05, 3.63) is 87.7 Å². The smallest absolute Gasteiger partial charge is 0.255 e. The summed E-state index contributed by atoms with van der Waals surface area (Å²) in [6.07, 6.45) is 0. The van der Waals surface area contributed by atoms with Gasteiger partial charge in [-0.3, -0.25) is 4.79 Å². The van der Waals surface area contributed by atoms with Gasteiger partial charge < -0.3 is 15.2 Å². The summed E-state index contributed by atoms with van der Waals surface area (Å²) in [6, 6.07) is 15.2. The van der Waals surface area contributed by atoms with Crippen LogP contribution in [-0.2, 0) is 6.61 Å². The van der Waals surface area contributed by atoms with Gasteiger partial charge in [0.1, 0.15) is 5.75 Å². The van der Waals surface area contributed by atoms with Crippen molar-refractivity contribution < 1.29 is 19.0 Å². The second-order valence-electron chi connectivity index (χ2n) is 5.63. The van der Waals surface area contributed by atoms with Crippen molar-refractivity contribution in [2.75, 3.05) is 5.32 Å². The first-order chi connectivity index (χ1) is 13.0. The standard InChI is InChI=1S/C20H14Cl2FNO3/c21-16-7-3-13(9-17(16)22)20(26)24-14-4-8-19(18(23)10-14)27-15-5-1-12(11-25)2-6-15/h1-10,25H,11H2,(H,24,26). The summed E-state index contributed by atoms with van der Waals surface area (Å²) in [5.41, 5.74) is 1.30. The molecule has 0 spiro atoms. The summed E-state index contributed by atoms with van der Waals surface area (Å²) < 4.78 is 19.8. The van der Waals surface area contributed by atoms with E-state index in [-0.39, 0.29) is 23.1 Å². The van der Waals surface area contributed by atoms with Crippen molar-refractivity contribution in [2.24, 2.45) is 0 Å². The van der Waals surface area contributed by atoms with E-state index in [0.29, 0.717) is 16.3 Å². The van der Waals surface area contributed by atoms with Gasteiger partial charge in [-0.25, -0.2) is 4.39 Å². The zero-order chi connectivity index (χ0) is 19.4. The van der Waals surface area contributed by atoms with E-state index in [1.165, 1.54) is 30.3 Å². The Kier molecular flexibility index (Phi) is 5.96. The van der Waals surface area contributed by atoms with Crippen LogP contribution in [0.1, 0.15) is 15.9 Å². The van der Waals surface area contributed by atoms with Gasteiger partial charge in [-0.05, 0) is 48.0 Å². The average molecular weight is 406 g/mol. The van der Waals surface area contributed by atoms with Crippen molar-refractivity contribution in [1.29, 1.82) is 0 Å². The van der Waals surface area contributed by atoms with Gasteiger partial charge in [-0.2, -0.15) is 0 Å². The first-order valence-corrected chi connectivity index (χ1v) is 8.65. The molecule has 0 radical (unpaired) electrons. The van der Waals surface area contributed by atoms with Crippen LogP contribution in [0.15, 0.2) is 60.7 Å². The second kappa shape index (κ2) is 8.39. The Hall–Kier alpha value is -2.60. The largest absolute Gasteiger partial charge is 0.454 e. The summed E-state index contributed by atoms with van der Waals surface area (Å²) in [6.45, 7) is -0.0815. The molecular formula is C20H14Cl2FNO3. The van der Waals surface area contributed by atoms with Crippen LogP contribution >= 0.6 is 23.2 Å². The van der Waals surface area contributed by atoms with Crippen molar-refractivity contribution >= 4 is 34.8 Å². The molecular weight excluding hydrogens is 392 g/mol. The van der Waals surface area contributed by atoms with E-state index in [2.05, 4.69) is 5.32 Å². The fourth-order valence-electron chi connectivity index (χ4n) is 2.29. The minimum atomic E-state index is -0.631. The predicted molar refractivity (Wildman–Crippen MR) is 103 cm³/mol. The molecule has 3 rings (SSSR count). The van der Waals surface area contributed by atoms with Crippen molar-refractivity contribution in [2.45, 2.75) is 6.61 Å². The summed E-state index contributed by atoms with van der Waals surface area (Å²) in [5, 5.41) is 12.2. The molecule has 3 aromatic carbocycles. The quantitative estimate of drug-likeness (QED) is 0.574. The Labute approximate surface area is 165 Å². The molecule has 0 bridgehead atoms. The number of anilines is 1. The number of carbonyl (C=O) groups excluding carboxylic acids is 1. The predicted octanol–water partition coefficient (Wildman–Crippen LogP) is 5.67. The fraction of sp³-hybridized carbons (Fsp3) is 0.0500. The SMILES string of the molecule is O=C(Nc1ccc(Oc2ccc(CO)cc2)c(F)c1)c1ccc(Cl)c(Cl)c1. The van der Waals surface area contributed by atoms with Crippen LogP contribution in [0, 0.1) is 5.82 Å². The third kappa shape index (κ3) is 4.77. The molecule has 2 N–H and O–H groups in total. The summed E-state index contributed by atoms with van der Waals surface area (Å²) in [7, 11) is 0. The number of nitrogens with one attached hydrogen (secondary N) is 1. The van der Waals surface area contributed by atoms with Crippen molar-refractivity contribution in [3.63, 3.8) is 0 Å². The van der Waals surface area contributed by atoms with Crippen LogP contribution in [0.2, 0.25) is 10.0 Å². The number of aliphatic hydroxyl groups is 1. The Morgan fingerprint density at radius 1 is 1.00 bits per heavy atom. The highest BCUT2D eigenvalue weighted by molar-refractivity contribution is 6.42. The van der Waals surface area contributed by atoms with E-state index in [4.69, 9.17) is 33.0 Å². The molecule has 0 aromatic heterocycles. The molecule has 0 fully saturated rings. The molecule has 7 heteroatoms. The number of ether oxygens (including phenoxy) is 1. The van der Waals surface area contributed by atoms with Crippen LogP contribution in [0.3, 0.4) is 0 Å². The minimum absolute atomic E-state index is 0.0132. The maximum absolute atomic E-state index is 14.3.